The molecule has 1 fully saturated rings. The Hall–Kier alpha value is -1.35. The van der Waals surface area contributed by atoms with Crippen LogP contribution < -0.4 is 11.1 Å². The first-order valence-electron chi connectivity index (χ1n) is 7.37. The summed E-state index contributed by atoms with van der Waals surface area (Å²) in [7, 11) is 0. The molecule has 3 nitrogen and oxygen atoms in total. The maximum absolute atomic E-state index is 11.8. The SMILES string of the molecule is NCCc1ccc(NC(=O)CCC2CCCC2)cc1. The van der Waals surface area contributed by atoms with E-state index in [0.29, 0.717) is 13.0 Å². The van der Waals surface area contributed by atoms with E-state index in [2.05, 4.69) is 5.32 Å². The Morgan fingerprint density at radius 3 is 2.53 bits per heavy atom. The molecule has 3 N–H and O–H groups in total. The van der Waals surface area contributed by atoms with Crippen LogP contribution in [0.5, 0.6) is 0 Å². The van der Waals surface area contributed by atoms with E-state index in [1.165, 1.54) is 31.2 Å². The molecule has 0 radical (unpaired) electrons. The van der Waals surface area contributed by atoms with Gasteiger partial charge in [0.25, 0.3) is 0 Å². The first-order valence-corrected chi connectivity index (χ1v) is 7.37. The van der Waals surface area contributed by atoms with Gasteiger partial charge in [0.15, 0.2) is 0 Å². The van der Waals surface area contributed by atoms with E-state index < -0.39 is 0 Å². The quantitative estimate of drug-likeness (QED) is 0.825. The molecule has 2 rings (SSSR count). The summed E-state index contributed by atoms with van der Waals surface area (Å²) in [6, 6.07) is 7.97. The molecule has 0 atom stereocenters. The highest BCUT2D eigenvalue weighted by Gasteiger charge is 2.16. The Morgan fingerprint density at radius 2 is 1.89 bits per heavy atom. The van der Waals surface area contributed by atoms with Gasteiger partial charge in [0, 0.05) is 12.1 Å². The van der Waals surface area contributed by atoms with Gasteiger partial charge in [-0.05, 0) is 43.0 Å². The van der Waals surface area contributed by atoms with Crippen LogP contribution in [0.25, 0.3) is 0 Å². The average Bonchev–Trinajstić information content (AvgIpc) is 2.92. The van der Waals surface area contributed by atoms with E-state index in [0.717, 1.165) is 24.4 Å². The van der Waals surface area contributed by atoms with Gasteiger partial charge in [-0.1, -0.05) is 37.8 Å². The minimum absolute atomic E-state index is 0.137. The Labute approximate surface area is 115 Å². The van der Waals surface area contributed by atoms with Crippen LogP contribution in [0.15, 0.2) is 24.3 Å². The third-order valence-corrected chi connectivity index (χ3v) is 3.93. The van der Waals surface area contributed by atoms with Crippen molar-refractivity contribution in [1.82, 2.24) is 0 Å². The molecule has 3 heteroatoms. The zero-order valence-corrected chi connectivity index (χ0v) is 11.5. The van der Waals surface area contributed by atoms with E-state index in [-0.39, 0.29) is 5.91 Å². The third-order valence-electron chi connectivity index (χ3n) is 3.93. The molecule has 0 spiro atoms. The van der Waals surface area contributed by atoms with Crippen molar-refractivity contribution in [1.29, 1.82) is 0 Å². The van der Waals surface area contributed by atoms with Gasteiger partial charge in [0.2, 0.25) is 5.91 Å². The summed E-state index contributed by atoms with van der Waals surface area (Å²) in [6.45, 7) is 0.660. The average molecular weight is 260 g/mol. The molecule has 0 bridgehead atoms. The second kappa shape index (κ2) is 7.29. The van der Waals surface area contributed by atoms with Gasteiger partial charge in [0.05, 0.1) is 0 Å². The lowest BCUT2D eigenvalue weighted by molar-refractivity contribution is -0.116. The van der Waals surface area contributed by atoms with Crippen molar-refractivity contribution in [3.63, 3.8) is 0 Å². The van der Waals surface area contributed by atoms with Crippen molar-refractivity contribution in [2.75, 3.05) is 11.9 Å². The number of nitrogens with one attached hydrogen (secondary N) is 1. The summed E-state index contributed by atoms with van der Waals surface area (Å²) in [6.07, 6.45) is 7.87. The van der Waals surface area contributed by atoms with Gasteiger partial charge < -0.3 is 11.1 Å². The highest BCUT2D eigenvalue weighted by Crippen LogP contribution is 2.28. The molecule has 1 aromatic carbocycles. The zero-order valence-electron chi connectivity index (χ0n) is 11.5. The monoisotopic (exact) mass is 260 g/mol. The van der Waals surface area contributed by atoms with E-state index in [1.807, 2.05) is 24.3 Å². The molecule has 1 saturated carbocycles. The van der Waals surface area contributed by atoms with Crippen molar-refractivity contribution < 1.29 is 4.79 Å². The van der Waals surface area contributed by atoms with Gasteiger partial charge in [-0.3, -0.25) is 4.79 Å². The minimum Gasteiger partial charge on any atom is -0.330 e. The molecule has 1 aliphatic rings. The van der Waals surface area contributed by atoms with Crippen LogP contribution in [0.2, 0.25) is 0 Å². The number of carbonyl (C=O) groups is 1. The van der Waals surface area contributed by atoms with E-state index in [9.17, 15) is 4.79 Å². The summed E-state index contributed by atoms with van der Waals surface area (Å²) >= 11 is 0. The number of benzene rings is 1. The van der Waals surface area contributed by atoms with Gasteiger partial charge in [-0.2, -0.15) is 0 Å². The molecule has 1 amide bonds. The topological polar surface area (TPSA) is 55.1 Å². The molecule has 1 aliphatic carbocycles. The third kappa shape index (κ3) is 4.67. The highest BCUT2D eigenvalue weighted by atomic mass is 16.1. The first-order chi connectivity index (χ1) is 9.28. The molecule has 0 aliphatic heterocycles. The van der Waals surface area contributed by atoms with Crippen LogP contribution >= 0.6 is 0 Å². The maximum atomic E-state index is 11.8. The van der Waals surface area contributed by atoms with Crippen LogP contribution in [0.3, 0.4) is 0 Å². The van der Waals surface area contributed by atoms with Crippen molar-refractivity contribution in [2.45, 2.75) is 44.9 Å². The standard InChI is InChI=1S/C16H24N2O/c17-12-11-14-5-8-15(9-6-14)18-16(19)10-7-13-3-1-2-4-13/h5-6,8-9,13H,1-4,7,10-12,17H2,(H,18,19). The fraction of sp³-hybridized carbons (Fsp3) is 0.562. The van der Waals surface area contributed by atoms with Crippen LogP contribution in [0.4, 0.5) is 5.69 Å². The molecular weight excluding hydrogens is 236 g/mol. The number of anilines is 1. The minimum atomic E-state index is 0.137. The van der Waals surface area contributed by atoms with Gasteiger partial charge in [-0.15, -0.1) is 0 Å². The first kappa shape index (κ1) is 14.1. The lowest BCUT2D eigenvalue weighted by Crippen LogP contribution is -2.12. The predicted molar refractivity (Wildman–Crippen MR) is 79.0 cm³/mol. The van der Waals surface area contributed by atoms with Crippen molar-refractivity contribution in [3.05, 3.63) is 29.8 Å². The fourth-order valence-electron chi connectivity index (χ4n) is 2.78. The van der Waals surface area contributed by atoms with Gasteiger partial charge in [-0.25, -0.2) is 0 Å². The zero-order chi connectivity index (χ0) is 13.5. The largest absolute Gasteiger partial charge is 0.330 e. The summed E-state index contributed by atoms with van der Waals surface area (Å²) in [5.41, 5.74) is 7.61. The summed E-state index contributed by atoms with van der Waals surface area (Å²) in [5.74, 6) is 0.913. The van der Waals surface area contributed by atoms with E-state index in [1.54, 1.807) is 0 Å². The predicted octanol–water partition coefficient (Wildman–Crippen LogP) is 3.10. The Kier molecular flexibility index (Phi) is 5.40. The number of amides is 1. The molecular formula is C16H24N2O. The number of hydrogen-bond acceptors (Lipinski definition) is 2. The summed E-state index contributed by atoms with van der Waals surface area (Å²) in [4.78, 5) is 11.8. The van der Waals surface area contributed by atoms with Crippen molar-refractivity contribution >= 4 is 11.6 Å². The van der Waals surface area contributed by atoms with Crippen LogP contribution in [0.1, 0.15) is 44.1 Å². The molecule has 104 valence electrons. The lowest BCUT2D eigenvalue weighted by atomic mass is 10.0. The number of hydrogen-bond donors (Lipinski definition) is 2. The van der Waals surface area contributed by atoms with Crippen LogP contribution in [0, 0.1) is 5.92 Å². The molecule has 19 heavy (non-hydrogen) atoms. The smallest absolute Gasteiger partial charge is 0.224 e. The summed E-state index contributed by atoms with van der Waals surface area (Å²) in [5, 5.41) is 2.97. The van der Waals surface area contributed by atoms with Gasteiger partial charge in [0.1, 0.15) is 0 Å². The van der Waals surface area contributed by atoms with Crippen molar-refractivity contribution in [2.24, 2.45) is 11.7 Å². The fourth-order valence-corrected chi connectivity index (χ4v) is 2.78. The molecule has 1 aromatic rings. The van der Waals surface area contributed by atoms with Crippen molar-refractivity contribution in [3.8, 4) is 0 Å². The van der Waals surface area contributed by atoms with Gasteiger partial charge >= 0.3 is 0 Å². The second-order valence-electron chi connectivity index (χ2n) is 5.47. The maximum Gasteiger partial charge on any atom is 0.224 e. The van der Waals surface area contributed by atoms with Crippen LogP contribution in [-0.4, -0.2) is 12.5 Å². The molecule has 0 heterocycles. The molecule has 0 saturated heterocycles. The molecule has 0 aromatic heterocycles. The number of carbonyl (C=O) groups excluding carboxylic acids is 1. The summed E-state index contributed by atoms with van der Waals surface area (Å²) < 4.78 is 0. The molecule has 0 unspecified atom stereocenters. The van der Waals surface area contributed by atoms with E-state index in [4.69, 9.17) is 5.73 Å². The van der Waals surface area contributed by atoms with Crippen LogP contribution in [-0.2, 0) is 11.2 Å². The lowest BCUT2D eigenvalue weighted by Gasteiger charge is -2.09. The Morgan fingerprint density at radius 1 is 1.21 bits per heavy atom. The second-order valence-corrected chi connectivity index (χ2v) is 5.47. The Balaban J connectivity index is 1.74. The number of rotatable bonds is 6. The normalized spacial score (nSPS) is 15.6. The number of nitrogens with two attached hydrogens (primary N) is 1. The Bertz CT molecular complexity index is 394. The van der Waals surface area contributed by atoms with E-state index >= 15 is 0 Å². The highest BCUT2D eigenvalue weighted by molar-refractivity contribution is 5.90.